The fourth-order valence-electron chi connectivity index (χ4n) is 6.37. The number of halogens is 3. The number of hydrogen-bond donors (Lipinski definition) is 1. The van der Waals surface area contributed by atoms with Gasteiger partial charge in [-0.3, -0.25) is 14.7 Å². The average Bonchev–Trinajstić information content (AvgIpc) is 2.93. The van der Waals surface area contributed by atoms with Gasteiger partial charge in [-0.2, -0.15) is 4.39 Å². The Morgan fingerprint density at radius 3 is 2.74 bits per heavy atom. The molecule has 1 aromatic carbocycles. The maximum atomic E-state index is 14.2. The first kappa shape index (κ1) is 27.8. The lowest BCUT2D eigenvalue weighted by molar-refractivity contribution is -0.127. The van der Waals surface area contributed by atoms with Gasteiger partial charge in [-0.05, 0) is 79.4 Å². The van der Waals surface area contributed by atoms with Crippen LogP contribution in [-0.2, 0) is 9.53 Å². The maximum Gasteiger partial charge on any atom is 0.224 e. The summed E-state index contributed by atoms with van der Waals surface area (Å²) < 4.78 is 20.7. The van der Waals surface area contributed by atoms with E-state index in [2.05, 4.69) is 55.4 Å². The molecule has 1 saturated heterocycles. The van der Waals surface area contributed by atoms with Crippen molar-refractivity contribution >= 4 is 39.4 Å². The van der Waals surface area contributed by atoms with Crippen molar-refractivity contribution in [2.75, 3.05) is 39.4 Å². The first-order valence-electron chi connectivity index (χ1n) is 13.8. The van der Waals surface area contributed by atoms with E-state index in [1.165, 1.54) is 11.6 Å². The Bertz CT molecular complexity index is 1110. The number of aliphatic imine (C=N–C) groups is 1. The van der Waals surface area contributed by atoms with Crippen LogP contribution >= 0.6 is 27.5 Å². The Balaban J connectivity index is 1.35. The van der Waals surface area contributed by atoms with Gasteiger partial charge < -0.3 is 10.1 Å². The van der Waals surface area contributed by atoms with Crippen molar-refractivity contribution in [2.24, 2.45) is 22.7 Å². The minimum absolute atomic E-state index is 0.0300. The van der Waals surface area contributed by atoms with Gasteiger partial charge in [0, 0.05) is 47.5 Å². The van der Waals surface area contributed by atoms with Gasteiger partial charge >= 0.3 is 0 Å². The van der Waals surface area contributed by atoms with Crippen molar-refractivity contribution in [1.29, 1.82) is 0 Å². The van der Waals surface area contributed by atoms with Crippen molar-refractivity contribution in [1.82, 2.24) is 10.2 Å². The number of morpholine rings is 1. The van der Waals surface area contributed by atoms with Gasteiger partial charge in [-0.1, -0.05) is 51.8 Å². The number of hydrogen-bond acceptors (Lipinski definition) is 4. The van der Waals surface area contributed by atoms with Crippen LogP contribution < -0.4 is 5.32 Å². The molecule has 0 aromatic heterocycles. The first-order valence-corrected chi connectivity index (χ1v) is 14.9. The van der Waals surface area contributed by atoms with Crippen molar-refractivity contribution in [3.63, 3.8) is 0 Å². The van der Waals surface area contributed by atoms with Crippen LogP contribution in [0, 0.1) is 17.8 Å². The number of carbonyl (C=O) groups is 1. The largest absolute Gasteiger partial charge is 0.379 e. The van der Waals surface area contributed by atoms with E-state index in [0.29, 0.717) is 30.3 Å². The molecular formula is C30H36BrClFN3O2. The zero-order chi connectivity index (χ0) is 26.5. The molecule has 4 aliphatic rings. The van der Waals surface area contributed by atoms with Crippen LogP contribution in [0.15, 0.2) is 68.6 Å². The van der Waals surface area contributed by atoms with E-state index in [1.807, 2.05) is 18.2 Å². The molecule has 5 rings (SSSR count). The Labute approximate surface area is 238 Å². The molecule has 3 unspecified atom stereocenters. The fraction of sp³-hybridized carbons (Fsp3) is 0.533. The van der Waals surface area contributed by atoms with Crippen LogP contribution in [0.4, 0.5) is 4.39 Å². The second-order valence-corrected chi connectivity index (χ2v) is 12.2. The van der Waals surface area contributed by atoms with Crippen LogP contribution in [0.3, 0.4) is 0 Å². The summed E-state index contributed by atoms with van der Waals surface area (Å²) in [6, 6.07) is 8.15. The molecule has 2 fully saturated rings. The summed E-state index contributed by atoms with van der Waals surface area (Å²) in [5, 5.41) is 4.08. The molecule has 8 heteroatoms. The average molecular weight is 605 g/mol. The van der Waals surface area contributed by atoms with Gasteiger partial charge in [-0.15, -0.1) is 0 Å². The van der Waals surface area contributed by atoms with Gasteiger partial charge in [0.2, 0.25) is 11.9 Å². The summed E-state index contributed by atoms with van der Waals surface area (Å²) in [5.41, 5.74) is 2.10. The second kappa shape index (κ2) is 13.0. The first-order chi connectivity index (χ1) is 18.5. The molecule has 2 aliphatic heterocycles. The number of carbonyl (C=O) groups excluding carboxylic acids is 1. The molecule has 2 heterocycles. The number of amides is 1. The molecule has 0 radical (unpaired) electrons. The topological polar surface area (TPSA) is 53.9 Å². The number of rotatable bonds is 7. The van der Waals surface area contributed by atoms with E-state index in [-0.39, 0.29) is 29.7 Å². The molecule has 5 nitrogen and oxygen atoms in total. The number of dihydropyridines is 1. The van der Waals surface area contributed by atoms with Crippen LogP contribution in [0.2, 0.25) is 0 Å². The molecule has 204 valence electrons. The van der Waals surface area contributed by atoms with Gasteiger partial charge in [-0.25, -0.2) is 0 Å². The highest BCUT2D eigenvalue weighted by Crippen LogP contribution is 2.42. The minimum Gasteiger partial charge on any atom is -0.379 e. The molecule has 2 aliphatic carbocycles. The van der Waals surface area contributed by atoms with Crippen LogP contribution in [0.25, 0.3) is 0 Å². The number of nitrogens with one attached hydrogen (secondary N) is 1. The van der Waals surface area contributed by atoms with Crippen molar-refractivity contribution in [3.8, 4) is 0 Å². The zero-order valence-corrected chi connectivity index (χ0v) is 24.0. The van der Waals surface area contributed by atoms with E-state index in [9.17, 15) is 9.18 Å². The van der Waals surface area contributed by atoms with E-state index in [0.717, 1.165) is 62.2 Å². The number of nitrogens with zero attached hydrogens (tertiary/aromatic N) is 2. The van der Waals surface area contributed by atoms with E-state index in [4.69, 9.17) is 16.3 Å². The Morgan fingerprint density at radius 2 is 2.03 bits per heavy atom. The van der Waals surface area contributed by atoms with Gasteiger partial charge in [0.25, 0.3) is 0 Å². The standard InChI is InChI=1S/C30H36BrClFN3O2/c31-24-6-2-21(3-7-24)27-17-20(19-36-13-15-38-16-14-36)1-10-26(27)30(37)35-29(22-4-8-25(32)9-5-22)23-11-12-34-28(33)18-23/h2-4,6-9,18,20,22,26-27,29H,1,5,10-17,19H2,(H,35,37)/t20?,22?,26-,27+,29?/m1/s1. The maximum absolute atomic E-state index is 14.2. The molecule has 1 saturated carbocycles. The number of ether oxygens (including phenoxy) is 1. The van der Waals surface area contributed by atoms with Crippen LogP contribution in [-0.4, -0.2) is 62.2 Å². The van der Waals surface area contributed by atoms with E-state index >= 15 is 0 Å². The lowest BCUT2D eigenvalue weighted by Gasteiger charge is -2.40. The lowest BCUT2D eigenvalue weighted by atomic mass is 9.70. The Morgan fingerprint density at radius 1 is 1.24 bits per heavy atom. The normalized spacial score (nSPS) is 29.2. The highest BCUT2D eigenvalue weighted by atomic mass is 79.9. The summed E-state index contributed by atoms with van der Waals surface area (Å²) in [5.74, 6) is 0.178. The molecule has 1 aromatic rings. The van der Waals surface area contributed by atoms with Gasteiger partial charge in [0.05, 0.1) is 19.3 Å². The Kier molecular flexibility index (Phi) is 9.52. The fourth-order valence-corrected chi connectivity index (χ4v) is 6.79. The minimum atomic E-state index is -0.463. The summed E-state index contributed by atoms with van der Waals surface area (Å²) in [6.07, 6.45) is 11.6. The molecule has 38 heavy (non-hydrogen) atoms. The SMILES string of the molecule is O=C(NC(C1=CC(F)=NCC1)C1C=CC(Cl)=CC1)[C@@H]1CCC(CN2CCOCC2)C[C@H]1c1ccc(Br)cc1. The van der Waals surface area contributed by atoms with Crippen molar-refractivity contribution < 1.29 is 13.9 Å². The molecule has 1 amide bonds. The lowest BCUT2D eigenvalue weighted by Crippen LogP contribution is -2.47. The van der Waals surface area contributed by atoms with Crippen LogP contribution in [0.5, 0.6) is 0 Å². The van der Waals surface area contributed by atoms with Crippen molar-refractivity contribution in [3.05, 3.63) is 69.2 Å². The van der Waals surface area contributed by atoms with Crippen LogP contribution in [0.1, 0.15) is 43.6 Å². The third-order valence-electron chi connectivity index (χ3n) is 8.39. The number of allylic oxidation sites excluding steroid dienone is 4. The molecule has 5 atom stereocenters. The number of benzene rings is 1. The molecule has 0 spiro atoms. The summed E-state index contributed by atoms with van der Waals surface area (Å²) >= 11 is 9.74. The highest BCUT2D eigenvalue weighted by Gasteiger charge is 2.38. The predicted octanol–water partition coefficient (Wildman–Crippen LogP) is 6.16. The van der Waals surface area contributed by atoms with Gasteiger partial charge in [0.15, 0.2) is 0 Å². The monoisotopic (exact) mass is 603 g/mol. The highest BCUT2D eigenvalue weighted by molar-refractivity contribution is 9.10. The summed E-state index contributed by atoms with van der Waals surface area (Å²) in [7, 11) is 0. The quantitative estimate of drug-likeness (QED) is 0.406. The summed E-state index contributed by atoms with van der Waals surface area (Å²) in [6.45, 7) is 5.02. The molecule has 0 bridgehead atoms. The van der Waals surface area contributed by atoms with E-state index in [1.54, 1.807) is 0 Å². The predicted molar refractivity (Wildman–Crippen MR) is 154 cm³/mol. The Hall–Kier alpha value is -1.80. The molecular weight excluding hydrogens is 569 g/mol. The molecule has 1 N–H and O–H groups in total. The third-order valence-corrected chi connectivity index (χ3v) is 9.20. The smallest absolute Gasteiger partial charge is 0.224 e. The summed E-state index contributed by atoms with van der Waals surface area (Å²) in [4.78, 5) is 20.4. The zero-order valence-electron chi connectivity index (χ0n) is 21.6. The third kappa shape index (κ3) is 7.04. The van der Waals surface area contributed by atoms with E-state index < -0.39 is 5.97 Å². The second-order valence-electron chi connectivity index (χ2n) is 10.9. The van der Waals surface area contributed by atoms with Gasteiger partial charge in [0.1, 0.15) is 0 Å². The van der Waals surface area contributed by atoms with Crippen molar-refractivity contribution in [2.45, 2.75) is 44.1 Å².